The van der Waals surface area contributed by atoms with Gasteiger partial charge in [-0.05, 0) is 96.2 Å². The minimum absolute atomic E-state index is 0.0115. The maximum absolute atomic E-state index is 17.3. The Bertz CT molecular complexity index is 3330. The van der Waals surface area contributed by atoms with Gasteiger partial charge in [-0.1, -0.05) is 76.2 Å². The van der Waals surface area contributed by atoms with Gasteiger partial charge in [-0.15, -0.1) is 0 Å². The van der Waals surface area contributed by atoms with E-state index < -0.39 is 59.2 Å². The summed E-state index contributed by atoms with van der Waals surface area (Å²) in [6.45, 7) is 12.8. The number of ether oxygens (including phenoxy) is 2. The molecule has 5 aliphatic rings. The topological polar surface area (TPSA) is 195 Å². The number of likely N-dealkylation sites (tertiary alicyclic amines) is 1. The zero-order valence-corrected chi connectivity index (χ0v) is 45.9. The number of rotatable bonds is 16. The first-order chi connectivity index (χ1) is 38.3. The molecule has 16 nitrogen and oxygen atoms in total. The third-order valence-electron chi connectivity index (χ3n) is 16.8. The molecule has 0 radical (unpaired) electrons. The second-order valence-corrected chi connectivity index (χ2v) is 23.8. The Labute approximate surface area is 463 Å². The average Bonchev–Trinajstić information content (AvgIpc) is 3.80. The number of nitrogens with one attached hydrogen (secondary N) is 3. The van der Waals surface area contributed by atoms with E-state index in [1.54, 1.807) is 42.6 Å². The van der Waals surface area contributed by atoms with Gasteiger partial charge in [0, 0.05) is 80.5 Å². The predicted octanol–water partition coefficient (Wildman–Crippen LogP) is 7.76. The number of morpholine rings is 1. The summed E-state index contributed by atoms with van der Waals surface area (Å²) >= 11 is 0. The minimum atomic E-state index is -1.02. The van der Waals surface area contributed by atoms with Crippen molar-refractivity contribution in [2.45, 2.75) is 122 Å². The molecule has 5 fully saturated rings. The number of carbonyl (C=O) groups excluding carboxylic acids is 3. The highest BCUT2D eigenvalue weighted by molar-refractivity contribution is 6.02. The van der Waals surface area contributed by atoms with Crippen LogP contribution in [0.4, 0.5) is 19.0 Å². The van der Waals surface area contributed by atoms with Crippen LogP contribution in [-0.4, -0.2) is 142 Å². The molecule has 3 amide bonds. The number of phenolic OH excluding ortho intramolecular Hbond substituents is 1. The number of phenols is 1. The molecule has 2 aromatic heterocycles. The van der Waals surface area contributed by atoms with Gasteiger partial charge in [-0.2, -0.15) is 9.97 Å². The lowest BCUT2D eigenvalue weighted by Gasteiger charge is -2.37. The van der Waals surface area contributed by atoms with Crippen LogP contribution >= 0.6 is 0 Å². The number of halogens is 3. The van der Waals surface area contributed by atoms with Crippen molar-refractivity contribution >= 4 is 45.2 Å². The summed E-state index contributed by atoms with van der Waals surface area (Å²) in [6, 6.07) is 17.7. The number of aliphatic hydroxyl groups is 1. The van der Waals surface area contributed by atoms with Gasteiger partial charge in [-0.3, -0.25) is 24.3 Å². The lowest BCUT2D eigenvalue weighted by molar-refractivity contribution is -0.144. The van der Waals surface area contributed by atoms with Gasteiger partial charge < -0.3 is 45.4 Å². The Morgan fingerprint density at radius 1 is 0.925 bits per heavy atom. The van der Waals surface area contributed by atoms with Crippen LogP contribution in [0.15, 0.2) is 79.0 Å². The van der Waals surface area contributed by atoms with Crippen LogP contribution in [0.5, 0.6) is 11.8 Å². The van der Waals surface area contributed by atoms with Gasteiger partial charge in [0.15, 0.2) is 5.82 Å². The summed E-state index contributed by atoms with van der Waals surface area (Å²) in [4.78, 5) is 62.4. The van der Waals surface area contributed by atoms with Crippen molar-refractivity contribution in [3.05, 3.63) is 108 Å². The van der Waals surface area contributed by atoms with Crippen LogP contribution in [0, 0.1) is 28.3 Å². The van der Waals surface area contributed by atoms with Crippen LogP contribution in [0.2, 0.25) is 0 Å². The van der Waals surface area contributed by atoms with Gasteiger partial charge in [0.25, 0.3) is 0 Å². The number of aryl methyl sites for hydroxylation is 1. The van der Waals surface area contributed by atoms with E-state index >= 15 is 8.78 Å². The smallest absolute Gasteiger partial charge is 0.319 e. The SMILES string of the molecule is CCc1c(F)ccc2cc(O)cc(-c3ncc4c(N5CC6CCC(C5)N6)nc(OCC5(CN6CCO[C@H](CC(=O)N[C@H](C(=O)N7C[C@H](O)C[C@H]7C(=O)N[C@@H](C)c7ccc(-c8ccccc8F)cc7)C(C)(C)C)C6)CC5)nc4c3F)c12. The molecule has 19 heteroatoms. The quantitative estimate of drug-likeness (QED) is 0.0632. The summed E-state index contributed by atoms with van der Waals surface area (Å²) in [6.07, 6.45) is 4.26. The van der Waals surface area contributed by atoms with E-state index in [9.17, 15) is 29.0 Å². The fourth-order valence-electron chi connectivity index (χ4n) is 12.4. The molecule has 2 unspecified atom stereocenters. The Hall–Kier alpha value is -6.93. The second-order valence-electron chi connectivity index (χ2n) is 23.8. The maximum Gasteiger partial charge on any atom is 0.319 e. The summed E-state index contributed by atoms with van der Waals surface area (Å²) in [5.74, 6) is -2.37. The fourth-order valence-corrected chi connectivity index (χ4v) is 12.4. The molecule has 11 rings (SSSR count). The fraction of sp³-hybridized carbons (Fsp3) is 0.475. The first-order valence-electron chi connectivity index (χ1n) is 28.0. The Kier molecular flexibility index (Phi) is 15.3. The number of anilines is 1. The number of piperazine rings is 1. The van der Waals surface area contributed by atoms with Crippen LogP contribution < -0.4 is 25.6 Å². The summed E-state index contributed by atoms with van der Waals surface area (Å²) < 4.78 is 59.6. The number of pyridine rings is 1. The summed E-state index contributed by atoms with van der Waals surface area (Å²) in [7, 11) is 0. The second kappa shape index (κ2) is 22.2. The molecule has 4 saturated heterocycles. The van der Waals surface area contributed by atoms with Crippen molar-refractivity contribution < 1.29 is 47.2 Å². The van der Waals surface area contributed by atoms with Crippen molar-refractivity contribution in [1.29, 1.82) is 0 Å². The van der Waals surface area contributed by atoms with E-state index in [1.165, 1.54) is 29.2 Å². The van der Waals surface area contributed by atoms with E-state index in [0.717, 1.165) is 31.2 Å². The number of fused-ring (bicyclic) bond motifs is 4. The van der Waals surface area contributed by atoms with Crippen molar-refractivity contribution in [1.82, 2.24) is 40.7 Å². The molecule has 7 atom stereocenters. The average molecular weight is 1100 g/mol. The lowest BCUT2D eigenvalue weighted by Crippen LogP contribution is -2.58. The Morgan fingerprint density at radius 2 is 1.68 bits per heavy atom. The highest BCUT2D eigenvalue weighted by atomic mass is 19.1. The van der Waals surface area contributed by atoms with Crippen molar-refractivity contribution in [3.63, 3.8) is 0 Å². The Balaban J connectivity index is 0.747. The molecule has 422 valence electrons. The third-order valence-corrected chi connectivity index (χ3v) is 16.8. The molecule has 80 heavy (non-hydrogen) atoms. The van der Waals surface area contributed by atoms with E-state index in [0.29, 0.717) is 84.4 Å². The van der Waals surface area contributed by atoms with Crippen molar-refractivity contribution in [2.24, 2.45) is 10.8 Å². The number of aromatic nitrogens is 3. The highest BCUT2D eigenvalue weighted by Crippen LogP contribution is 2.47. The van der Waals surface area contributed by atoms with E-state index in [2.05, 4.69) is 30.7 Å². The summed E-state index contributed by atoms with van der Waals surface area (Å²) in [5, 5.41) is 32.7. The molecule has 2 bridgehead atoms. The predicted molar refractivity (Wildman–Crippen MR) is 297 cm³/mol. The standard InChI is InChI=1S/C61H70F3N9O7/c1-6-43-48(63)18-15-37-23-40(74)24-45(51(37)43)53-52(64)54-46(27-65-53)56(72-28-38-16-17-39(29-72)67-38)70-59(69-54)80-33-61(19-20-61)32-71-21-22-79-42(31-71)26-50(76)68-55(60(3,4)5)58(78)73-30-41(75)25-49(73)57(77)66-34(2)35-11-13-36(14-12-35)44-9-7-8-10-47(44)62/h7-15,18,23-24,27,34,38-39,41-42,49,55,67,74-75H,6,16-17,19-22,25-26,28-33H2,1-5H3,(H,66,77)(H,68,76)/t34-,38?,39?,41+,42+,49-,55+/m0/s1. The minimum Gasteiger partial charge on any atom is -0.508 e. The maximum atomic E-state index is 17.3. The first-order valence-corrected chi connectivity index (χ1v) is 28.0. The largest absolute Gasteiger partial charge is 0.508 e. The van der Waals surface area contributed by atoms with Gasteiger partial charge >= 0.3 is 6.01 Å². The number of hydrogen-bond acceptors (Lipinski definition) is 13. The number of amides is 3. The van der Waals surface area contributed by atoms with Crippen molar-refractivity contribution in [2.75, 3.05) is 57.4 Å². The van der Waals surface area contributed by atoms with Gasteiger partial charge in [0.2, 0.25) is 17.7 Å². The molecule has 6 heterocycles. The molecule has 4 aromatic carbocycles. The van der Waals surface area contributed by atoms with Gasteiger partial charge in [0.1, 0.15) is 46.5 Å². The molecular weight excluding hydrogens is 1030 g/mol. The number of aliphatic hydroxyl groups excluding tert-OH is 1. The van der Waals surface area contributed by atoms with E-state index in [4.69, 9.17) is 19.4 Å². The normalized spacial score (nSPS) is 22.6. The number of benzene rings is 4. The van der Waals surface area contributed by atoms with E-state index in [1.807, 2.05) is 46.8 Å². The van der Waals surface area contributed by atoms with Crippen LogP contribution in [-0.2, 0) is 25.5 Å². The number of carbonyl (C=O) groups is 3. The Morgan fingerprint density at radius 3 is 2.39 bits per heavy atom. The zero-order valence-electron chi connectivity index (χ0n) is 45.9. The molecule has 0 spiro atoms. The number of nitrogens with zero attached hydrogens (tertiary/aromatic N) is 6. The monoisotopic (exact) mass is 1100 g/mol. The molecule has 4 aliphatic heterocycles. The molecule has 5 N–H and O–H groups in total. The summed E-state index contributed by atoms with van der Waals surface area (Å²) in [5.41, 5.74) is 1.50. The number of hydrogen-bond donors (Lipinski definition) is 5. The van der Waals surface area contributed by atoms with Crippen molar-refractivity contribution in [3.8, 4) is 34.1 Å². The van der Waals surface area contributed by atoms with Crippen LogP contribution in [0.1, 0.15) is 90.3 Å². The van der Waals surface area contributed by atoms with Crippen LogP contribution in [0.3, 0.4) is 0 Å². The number of β-amino-alcohol motifs (C(OH)–C–C–N with tert-alkyl or cyclic N) is 1. The highest BCUT2D eigenvalue weighted by Gasteiger charge is 2.47. The molecule has 6 aromatic rings. The molecule has 1 saturated carbocycles. The number of aromatic hydroxyl groups is 1. The zero-order chi connectivity index (χ0) is 56.2. The first kappa shape index (κ1) is 55.0. The van der Waals surface area contributed by atoms with Gasteiger partial charge in [0.05, 0.1) is 43.3 Å². The van der Waals surface area contributed by atoms with Crippen LogP contribution in [0.25, 0.3) is 44.1 Å². The third kappa shape index (κ3) is 11.4. The molecule has 1 aliphatic carbocycles. The lowest BCUT2D eigenvalue weighted by atomic mass is 9.85. The van der Waals surface area contributed by atoms with E-state index in [-0.39, 0.29) is 83.8 Å². The molecular formula is C61H70F3N9O7. The van der Waals surface area contributed by atoms with Gasteiger partial charge in [-0.25, -0.2) is 13.2 Å².